The average molecular weight is 379 g/mol. The second kappa shape index (κ2) is 7.50. The molecule has 8 heteroatoms. The molecule has 1 N–H and O–H groups in total. The molecular weight excluding hydrogens is 360 g/mol. The molecule has 0 atom stereocenters. The van der Waals surface area contributed by atoms with Gasteiger partial charge in [0.1, 0.15) is 0 Å². The molecule has 0 spiro atoms. The van der Waals surface area contributed by atoms with Crippen LogP contribution >= 0.6 is 34.4 Å². The van der Waals surface area contributed by atoms with Crippen LogP contribution in [-0.4, -0.2) is 33.3 Å². The van der Waals surface area contributed by atoms with Crippen LogP contribution in [-0.2, 0) is 6.54 Å². The minimum absolute atomic E-state index is 0.131. The Morgan fingerprint density at radius 3 is 2.88 bits per heavy atom. The zero-order valence-corrected chi connectivity index (χ0v) is 16.1. The highest BCUT2D eigenvalue weighted by molar-refractivity contribution is 8.01. The molecule has 0 aliphatic rings. The Morgan fingerprint density at radius 2 is 2.21 bits per heavy atom. The number of carbonyl (C=O) groups is 1. The van der Waals surface area contributed by atoms with Crippen LogP contribution in [0.2, 0.25) is 0 Å². The van der Waals surface area contributed by atoms with Crippen molar-refractivity contribution in [3.8, 4) is 0 Å². The van der Waals surface area contributed by atoms with Gasteiger partial charge >= 0.3 is 0 Å². The summed E-state index contributed by atoms with van der Waals surface area (Å²) in [5.41, 5.74) is 2.94. The molecule has 0 unspecified atom stereocenters. The highest BCUT2D eigenvalue weighted by atomic mass is 32.2. The van der Waals surface area contributed by atoms with Gasteiger partial charge in [0.15, 0.2) is 10.1 Å². The second-order valence-electron chi connectivity index (χ2n) is 5.29. The molecule has 3 aromatic heterocycles. The molecule has 24 heavy (non-hydrogen) atoms. The van der Waals surface area contributed by atoms with Crippen LogP contribution in [0.15, 0.2) is 27.9 Å². The summed E-state index contributed by atoms with van der Waals surface area (Å²) in [6, 6.07) is 6.17. The van der Waals surface area contributed by atoms with Crippen LogP contribution in [0.4, 0.5) is 5.13 Å². The minimum atomic E-state index is 0.131. The number of nitrogens with one attached hydrogen (secondary N) is 1. The van der Waals surface area contributed by atoms with Crippen molar-refractivity contribution in [1.82, 2.24) is 14.8 Å². The average Bonchev–Trinajstić information content (AvgIpc) is 3.30. The molecule has 0 radical (unpaired) electrons. The lowest BCUT2D eigenvalue weighted by atomic mass is 10.2. The van der Waals surface area contributed by atoms with Crippen molar-refractivity contribution < 1.29 is 4.79 Å². The lowest BCUT2D eigenvalue weighted by Gasteiger charge is -2.08. The summed E-state index contributed by atoms with van der Waals surface area (Å²) in [6.45, 7) is 4.88. The monoisotopic (exact) mass is 378 g/mol. The maximum Gasteiger partial charge on any atom is 0.206 e. The van der Waals surface area contributed by atoms with Crippen molar-refractivity contribution in [3.05, 3.63) is 45.4 Å². The third-order valence-electron chi connectivity index (χ3n) is 3.72. The van der Waals surface area contributed by atoms with E-state index < -0.39 is 0 Å². The first-order valence-electron chi connectivity index (χ1n) is 7.45. The number of carbonyl (C=O) groups excluding carboxylic acids is 1. The number of hydrogen-bond donors (Lipinski definition) is 1. The largest absolute Gasteiger partial charge is 0.363 e. The predicted octanol–water partition coefficient (Wildman–Crippen LogP) is 4.08. The molecule has 5 nitrogen and oxygen atoms in total. The van der Waals surface area contributed by atoms with Crippen molar-refractivity contribution >= 4 is 45.4 Å². The van der Waals surface area contributed by atoms with E-state index in [0.717, 1.165) is 33.0 Å². The second-order valence-corrected chi connectivity index (χ2v) is 8.52. The van der Waals surface area contributed by atoms with E-state index in [4.69, 9.17) is 0 Å². The van der Waals surface area contributed by atoms with Gasteiger partial charge < -0.3 is 9.88 Å². The van der Waals surface area contributed by atoms with E-state index in [1.165, 1.54) is 28.0 Å². The molecule has 0 aliphatic carbocycles. The lowest BCUT2D eigenvalue weighted by Crippen LogP contribution is -2.07. The third kappa shape index (κ3) is 3.71. The summed E-state index contributed by atoms with van der Waals surface area (Å²) in [6.07, 6.45) is 0. The normalized spacial score (nSPS) is 11.0. The van der Waals surface area contributed by atoms with E-state index >= 15 is 0 Å². The zero-order valence-electron chi connectivity index (χ0n) is 13.7. The van der Waals surface area contributed by atoms with Gasteiger partial charge in [-0.3, -0.25) is 4.79 Å². The standard InChI is InChI=1S/C16H18N4OS3/c1-10-7-13(11(2)20(10)8-12-5-4-6-22-12)14(21)9-23-16-19-18-15(17-3)24-16/h4-7H,8-9H2,1-3H3,(H,17,18). The highest BCUT2D eigenvalue weighted by Crippen LogP contribution is 2.27. The summed E-state index contributed by atoms with van der Waals surface area (Å²) >= 11 is 4.63. The number of hydrogen-bond acceptors (Lipinski definition) is 7. The molecule has 3 aromatic rings. The molecule has 0 saturated heterocycles. The van der Waals surface area contributed by atoms with Crippen molar-refractivity contribution in [2.24, 2.45) is 0 Å². The molecule has 0 fully saturated rings. The third-order valence-corrected chi connectivity index (χ3v) is 6.65. The quantitative estimate of drug-likeness (QED) is 0.496. The van der Waals surface area contributed by atoms with Crippen molar-refractivity contribution in [1.29, 1.82) is 0 Å². The van der Waals surface area contributed by atoms with Gasteiger partial charge in [-0.15, -0.1) is 21.5 Å². The molecule has 126 valence electrons. The Labute approximate surface area is 153 Å². The van der Waals surface area contributed by atoms with Gasteiger partial charge in [-0.1, -0.05) is 29.2 Å². The van der Waals surface area contributed by atoms with Gasteiger partial charge in [-0.2, -0.15) is 0 Å². The smallest absolute Gasteiger partial charge is 0.206 e. The molecule has 3 heterocycles. The first-order chi connectivity index (χ1) is 11.6. The predicted molar refractivity (Wildman–Crippen MR) is 102 cm³/mol. The number of rotatable bonds is 7. The maximum atomic E-state index is 12.6. The number of thiophene rings is 1. The summed E-state index contributed by atoms with van der Waals surface area (Å²) in [7, 11) is 1.81. The number of aromatic nitrogens is 3. The van der Waals surface area contributed by atoms with Crippen molar-refractivity contribution in [3.63, 3.8) is 0 Å². The highest BCUT2D eigenvalue weighted by Gasteiger charge is 2.17. The summed E-state index contributed by atoms with van der Waals surface area (Å²) in [5, 5.41) is 13.8. The SMILES string of the molecule is CNc1nnc(SCC(=O)c2cc(C)n(Cc3cccs3)c2C)s1. The topological polar surface area (TPSA) is 59.8 Å². The van der Waals surface area contributed by atoms with Gasteiger partial charge in [0.2, 0.25) is 5.13 Å². The Balaban J connectivity index is 1.70. The van der Waals surface area contributed by atoms with E-state index in [-0.39, 0.29) is 5.78 Å². The van der Waals surface area contributed by atoms with Crippen LogP contribution in [0.5, 0.6) is 0 Å². The van der Waals surface area contributed by atoms with Gasteiger partial charge in [0, 0.05) is 28.9 Å². The summed E-state index contributed by atoms with van der Waals surface area (Å²) < 4.78 is 3.01. The fraction of sp³-hybridized carbons (Fsp3) is 0.312. The number of ketones is 1. The maximum absolute atomic E-state index is 12.6. The molecule has 3 rings (SSSR count). The fourth-order valence-electron chi connectivity index (χ4n) is 2.46. The van der Waals surface area contributed by atoms with E-state index in [1.807, 2.05) is 20.0 Å². The molecule has 0 aliphatic heterocycles. The van der Waals surface area contributed by atoms with E-state index in [9.17, 15) is 4.79 Å². The zero-order chi connectivity index (χ0) is 17.1. The Bertz CT molecular complexity index is 836. The van der Waals surface area contributed by atoms with Gasteiger partial charge in [-0.05, 0) is 31.4 Å². The van der Waals surface area contributed by atoms with Gasteiger partial charge in [0.05, 0.1) is 12.3 Å². The van der Waals surface area contributed by atoms with E-state index in [0.29, 0.717) is 5.75 Å². The van der Waals surface area contributed by atoms with E-state index in [2.05, 4.69) is 44.5 Å². The molecular formula is C16H18N4OS3. The molecule has 0 bridgehead atoms. The molecule has 0 aromatic carbocycles. The summed E-state index contributed by atoms with van der Waals surface area (Å²) in [4.78, 5) is 13.9. The fourth-order valence-corrected chi connectivity index (χ4v) is 4.74. The number of thioether (sulfide) groups is 1. The first-order valence-corrected chi connectivity index (χ1v) is 10.1. The summed E-state index contributed by atoms with van der Waals surface area (Å²) in [5.74, 6) is 0.508. The first kappa shape index (κ1) is 17.2. The molecule has 0 amide bonds. The van der Waals surface area contributed by atoms with Crippen molar-refractivity contribution in [2.75, 3.05) is 18.1 Å². The van der Waals surface area contributed by atoms with E-state index in [1.54, 1.807) is 11.3 Å². The number of nitrogens with zero attached hydrogens (tertiary/aromatic N) is 3. The van der Waals surface area contributed by atoms with Crippen LogP contribution in [0.25, 0.3) is 0 Å². The van der Waals surface area contributed by atoms with Crippen LogP contribution < -0.4 is 5.32 Å². The number of Topliss-reactive ketones (excluding diaryl/α,β-unsaturated/α-hetero) is 1. The number of aryl methyl sites for hydroxylation is 1. The Hall–Kier alpha value is -1.64. The molecule has 0 saturated carbocycles. The lowest BCUT2D eigenvalue weighted by molar-refractivity contribution is 0.102. The number of anilines is 1. The van der Waals surface area contributed by atoms with Crippen LogP contribution in [0.3, 0.4) is 0 Å². The van der Waals surface area contributed by atoms with Gasteiger partial charge in [-0.25, -0.2) is 0 Å². The van der Waals surface area contributed by atoms with Crippen LogP contribution in [0.1, 0.15) is 26.6 Å². The van der Waals surface area contributed by atoms with Gasteiger partial charge in [0.25, 0.3) is 0 Å². The van der Waals surface area contributed by atoms with Crippen molar-refractivity contribution in [2.45, 2.75) is 24.7 Å². The van der Waals surface area contributed by atoms with Crippen LogP contribution in [0, 0.1) is 13.8 Å². The Morgan fingerprint density at radius 1 is 1.38 bits per heavy atom. The Kier molecular flexibility index (Phi) is 5.37. The minimum Gasteiger partial charge on any atom is -0.363 e.